The summed E-state index contributed by atoms with van der Waals surface area (Å²) in [7, 11) is 1.61. The van der Waals surface area contributed by atoms with E-state index in [0.717, 1.165) is 12.1 Å². The van der Waals surface area contributed by atoms with Crippen LogP contribution in [0.25, 0.3) is 10.9 Å². The first-order chi connectivity index (χ1) is 11.6. The molecule has 2 aromatic rings. The van der Waals surface area contributed by atoms with E-state index in [1.54, 1.807) is 14.0 Å². The van der Waals surface area contributed by atoms with Crippen LogP contribution >= 0.6 is 0 Å². The number of rotatable bonds is 2. The molecule has 134 valence electrons. The molecule has 1 aromatic heterocycles. The summed E-state index contributed by atoms with van der Waals surface area (Å²) in [5, 5.41) is 9.50. The van der Waals surface area contributed by atoms with Gasteiger partial charge in [0.25, 0.3) is 5.91 Å². The highest BCUT2D eigenvalue weighted by Gasteiger charge is 2.38. The van der Waals surface area contributed by atoms with Gasteiger partial charge in [0.15, 0.2) is 0 Å². The van der Waals surface area contributed by atoms with Crippen LogP contribution in [0.2, 0.25) is 0 Å². The van der Waals surface area contributed by atoms with E-state index in [1.807, 2.05) is 0 Å². The van der Waals surface area contributed by atoms with Gasteiger partial charge in [-0.3, -0.25) is 9.59 Å². The Balaban J connectivity index is 1.95. The third-order valence-corrected chi connectivity index (χ3v) is 4.81. The van der Waals surface area contributed by atoms with Gasteiger partial charge in [-0.25, -0.2) is 0 Å². The van der Waals surface area contributed by atoms with E-state index in [0.29, 0.717) is 17.4 Å². The molecule has 3 rings (SSSR count). The van der Waals surface area contributed by atoms with Crippen LogP contribution in [0.15, 0.2) is 24.3 Å². The number of aromatic nitrogens is 1. The first-order valence-corrected chi connectivity index (χ1v) is 7.78. The molecule has 0 aliphatic carbocycles. The lowest BCUT2D eigenvalue weighted by atomic mass is 9.99. The second kappa shape index (κ2) is 5.79. The van der Waals surface area contributed by atoms with E-state index in [4.69, 9.17) is 0 Å². The number of nitrogens with zero attached hydrogens (tertiary/aromatic N) is 2. The molecule has 2 atom stereocenters. The van der Waals surface area contributed by atoms with Crippen LogP contribution in [0.3, 0.4) is 0 Å². The number of alkyl halides is 3. The van der Waals surface area contributed by atoms with Crippen LogP contribution in [0.1, 0.15) is 23.0 Å². The van der Waals surface area contributed by atoms with E-state index in [1.165, 1.54) is 21.6 Å². The number of carboxylic acids is 1. The largest absolute Gasteiger partial charge is 0.481 e. The molecule has 5 nitrogen and oxygen atoms in total. The first-order valence-electron chi connectivity index (χ1n) is 7.78. The number of hydrogen-bond acceptors (Lipinski definition) is 2. The first kappa shape index (κ1) is 17.3. The summed E-state index contributed by atoms with van der Waals surface area (Å²) in [5.74, 6) is -2.12. The predicted molar refractivity (Wildman–Crippen MR) is 84.1 cm³/mol. The minimum absolute atomic E-state index is 0.102. The van der Waals surface area contributed by atoms with Crippen molar-refractivity contribution < 1.29 is 27.9 Å². The molecule has 1 amide bonds. The van der Waals surface area contributed by atoms with Gasteiger partial charge in [-0.05, 0) is 30.2 Å². The summed E-state index contributed by atoms with van der Waals surface area (Å²) in [6.07, 6.45) is -4.45. The second-order valence-corrected chi connectivity index (χ2v) is 6.49. The second-order valence-electron chi connectivity index (χ2n) is 6.49. The van der Waals surface area contributed by atoms with Gasteiger partial charge in [-0.15, -0.1) is 0 Å². The number of benzene rings is 1. The average molecular weight is 354 g/mol. The lowest BCUT2D eigenvalue weighted by Crippen LogP contribution is -2.31. The summed E-state index contributed by atoms with van der Waals surface area (Å²) in [6, 6.07) is 4.75. The highest BCUT2D eigenvalue weighted by atomic mass is 19.4. The van der Waals surface area contributed by atoms with Crippen LogP contribution in [0, 0.1) is 11.8 Å². The number of likely N-dealkylation sites (tertiary alicyclic amines) is 1. The summed E-state index contributed by atoms with van der Waals surface area (Å²) >= 11 is 0. The van der Waals surface area contributed by atoms with Crippen molar-refractivity contribution in [3.63, 3.8) is 0 Å². The van der Waals surface area contributed by atoms with Gasteiger partial charge in [0, 0.05) is 31.0 Å². The molecule has 1 N–H and O–H groups in total. The number of carbonyl (C=O) groups is 2. The minimum atomic E-state index is -4.45. The molecule has 0 unspecified atom stereocenters. The number of fused-ring (bicyclic) bond motifs is 1. The Labute approximate surface area is 141 Å². The summed E-state index contributed by atoms with van der Waals surface area (Å²) in [6.45, 7) is 2.18. The van der Waals surface area contributed by atoms with E-state index in [2.05, 4.69) is 0 Å². The Morgan fingerprint density at radius 1 is 1.20 bits per heavy atom. The molecular formula is C17H17F3N2O3. The van der Waals surface area contributed by atoms with Crippen LogP contribution in [-0.2, 0) is 18.0 Å². The van der Waals surface area contributed by atoms with Crippen LogP contribution in [0.5, 0.6) is 0 Å². The third kappa shape index (κ3) is 2.96. The standard InChI is InChI=1S/C17H17F3N2O3/c1-9-7-22(8-12(9)16(24)25)15(23)14-6-10-5-11(17(18,19)20)3-4-13(10)21(14)2/h3-6,9,12H,7-8H2,1-2H3,(H,24,25)/t9-,12-/m1/s1. The summed E-state index contributed by atoms with van der Waals surface area (Å²) in [5.41, 5.74) is -0.0173. The highest BCUT2D eigenvalue weighted by Crippen LogP contribution is 2.33. The minimum Gasteiger partial charge on any atom is -0.481 e. The maximum absolute atomic E-state index is 12.9. The zero-order chi connectivity index (χ0) is 18.5. The predicted octanol–water partition coefficient (Wildman–Crippen LogP) is 2.99. The third-order valence-electron chi connectivity index (χ3n) is 4.81. The number of halogens is 3. The van der Waals surface area contributed by atoms with Crippen molar-refractivity contribution in [3.8, 4) is 0 Å². The van der Waals surface area contributed by atoms with Gasteiger partial charge in [-0.2, -0.15) is 13.2 Å². The fraction of sp³-hybridized carbons (Fsp3) is 0.412. The molecule has 0 saturated carbocycles. The number of hydrogen-bond donors (Lipinski definition) is 1. The summed E-state index contributed by atoms with van der Waals surface area (Å²) < 4.78 is 40.1. The summed E-state index contributed by atoms with van der Waals surface area (Å²) in [4.78, 5) is 25.4. The molecule has 1 aliphatic heterocycles. The topological polar surface area (TPSA) is 62.5 Å². The smallest absolute Gasteiger partial charge is 0.416 e. The lowest BCUT2D eigenvalue weighted by Gasteiger charge is -2.16. The normalized spacial score (nSPS) is 21.1. The Hall–Kier alpha value is -2.51. The van der Waals surface area contributed by atoms with Gasteiger partial charge in [0.2, 0.25) is 0 Å². The zero-order valence-electron chi connectivity index (χ0n) is 13.7. The van der Waals surface area contributed by atoms with Gasteiger partial charge in [-0.1, -0.05) is 6.92 Å². The maximum Gasteiger partial charge on any atom is 0.416 e. The number of amides is 1. The Kier molecular flexibility index (Phi) is 4.01. The van der Waals surface area contributed by atoms with Gasteiger partial charge < -0.3 is 14.6 Å². The van der Waals surface area contributed by atoms with Crippen LogP contribution in [0.4, 0.5) is 13.2 Å². The zero-order valence-corrected chi connectivity index (χ0v) is 13.7. The molecule has 25 heavy (non-hydrogen) atoms. The quantitative estimate of drug-likeness (QED) is 0.902. The van der Waals surface area contributed by atoms with E-state index >= 15 is 0 Å². The Morgan fingerprint density at radius 3 is 2.44 bits per heavy atom. The maximum atomic E-state index is 12.9. The van der Waals surface area contributed by atoms with Crippen LogP contribution < -0.4 is 0 Å². The van der Waals surface area contributed by atoms with Gasteiger partial charge >= 0.3 is 12.1 Å². The van der Waals surface area contributed by atoms with E-state index < -0.39 is 23.6 Å². The van der Waals surface area contributed by atoms with Gasteiger partial charge in [0.05, 0.1) is 11.5 Å². The van der Waals surface area contributed by atoms with Crippen LogP contribution in [-0.4, -0.2) is 39.5 Å². The Bertz CT molecular complexity index is 857. The van der Waals surface area contributed by atoms with Crippen molar-refractivity contribution in [2.24, 2.45) is 18.9 Å². The average Bonchev–Trinajstić information content (AvgIpc) is 3.06. The monoisotopic (exact) mass is 354 g/mol. The van der Waals surface area contributed by atoms with E-state index in [9.17, 15) is 27.9 Å². The number of carbonyl (C=O) groups excluding carboxylic acids is 1. The number of aliphatic carboxylic acids is 1. The van der Waals surface area contributed by atoms with Gasteiger partial charge in [0.1, 0.15) is 5.69 Å². The van der Waals surface area contributed by atoms with Crippen molar-refractivity contribution >= 4 is 22.8 Å². The lowest BCUT2D eigenvalue weighted by molar-refractivity contribution is -0.142. The molecule has 0 radical (unpaired) electrons. The molecule has 2 heterocycles. The molecule has 0 bridgehead atoms. The fourth-order valence-electron chi connectivity index (χ4n) is 3.35. The molecular weight excluding hydrogens is 337 g/mol. The molecule has 1 saturated heterocycles. The van der Waals surface area contributed by atoms with Crippen molar-refractivity contribution in [1.29, 1.82) is 0 Å². The molecule has 1 fully saturated rings. The SMILES string of the molecule is C[C@@H]1CN(C(=O)c2cc3cc(C(F)(F)F)ccc3n2C)C[C@H]1C(=O)O. The molecule has 0 spiro atoms. The highest BCUT2D eigenvalue weighted by molar-refractivity contribution is 5.99. The molecule has 1 aromatic carbocycles. The van der Waals surface area contributed by atoms with Crippen molar-refractivity contribution in [2.75, 3.05) is 13.1 Å². The molecule has 8 heteroatoms. The van der Waals surface area contributed by atoms with Crippen molar-refractivity contribution in [3.05, 3.63) is 35.5 Å². The van der Waals surface area contributed by atoms with E-state index in [-0.39, 0.29) is 24.1 Å². The number of aryl methyl sites for hydroxylation is 1. The molecule has 1 aliphatic rings. The Morgan fingerprint density at radius 2 is 1.88 bits per heavy atom. The fourth-order valence-corrected chi connectivity index (χ4v) is 3.35. The van der Waals surface area contributed by atoms with Crippen molar-refractivity contribution in [1.82, 2.24) is 9.47 Å². The van der Waals surface area contributed by atoms with Crippen molar-refractivity contribution in [2.45, 2.75) is 13.1 Å². The number of carboxylic acid groups (broad SMARTS) is 1.